The molecule has 4 aliphatic heterocycles. The molecule has 0 spiro atoms. The van der Waals surface area contributed by atoms with Crippen LogP contribution < -0.4 is 5.32 Å². The Morgan fingerprint density at radius 3 is 1.11 bits per heavy atom. The van der Waals surface area contributed by atoms with E-state index in [2.05, 4.69) is 74.2 Å². The van der Waals surface area contributed by atoms with Gasteiger partial charge < -0.3 is 59.2 Å². The van der Waals surface area contributed by atoms with Crippen LogP contribution in [0.25, 0.3) is 0 Å². The van der Waals surface area contributed by atoms with E-state index in [4.69, 9.17) is 20.1 Å². The van der Waals surface area contributed by atoms with E-state index < -0.39 is 24.2 Å². The van der Waals surface area contributed by atoms with Crippen molar-refractivity contribution in [3.05, 3.63) is 0 Å². The number of carbonyl (C=O) groups excluding carboxylic acids is 1. The van der Waals surface area contributed by atoms with Crippen LogP contribution in [-0.2, 0) is 23.7 Å². The molecule has 19 heteroatoms. The highest BCUT2D eigenvalue weighted by Crippen LogP contribution is 2.12. The van der Waals surface area contributed by atoms with E-state index in [-0.39, 0.29) is 12.5 Å². The van der Waals surface area contributed by atoms with Gasteiger partial charge in [0.25, 0.3) is 0 Å². The number of amides is 1. The molecule has 4 fully saturated rings. The fraction of sp³-hybridized carbons (Fsp3) is 0.977. The van der Waals surface area contributed by atoms with Crippen molar-refractivity contribution in [1.29, 1.82) is 0 Å². The highest BCUT2D eigenvalue weighted by atomic mass is 19.3. The normalized spacial score (nSPS) is 17.1. The Morgan fingerprint density at radius 2 is 1.03 bits per heavy atom. The number of rotatable bonds is 4. The van der Waals surface area contributed by atoms with Crippen LogP contribution >= 0.6 is 0 Å². The Hall–Kier alpha value is -1.39. The van der Waals surface area contributed by atoms with E-state index in [9.17, 15) is 31.1 Å². The number of hydrogen-bond donors (Lipinski definition) is 4. The van der Waals surface area contributed by atoms with Crippen LogP contribution in [0, 0.1) is 0 Å². The lowest BCUT2D eigenvalue weighted by Gasteiger charge is -2.24. The predicted octanol–water partition coefficient (Wildman–Crippen LogP) is 7.80. The van der Waals surface area contributed by atoms with Crippen LogP contribution in [0.1, 0.15) is 121 Å². The molecule has 0 bridgehead atoms. The highest BCUT2D eigenvalue weighted by molar-refractivity contribution is 5.72. The average Bonchev–Trinajstić information content (AvgIpc) is 3.57. The number of alkyl halides is 6. The minimum absolute atomic E-state index is 0.00463. The molecule has 392 valence electrons. The quantitative estimate of drug-likeness (QED) is 0.205. The molecule has 4 rings (SSSR count). The summed E-state index contributed by atoms with van der Waals surface area (Å²) in [6.07, 6.45) is 7.23. The number of ether oxygens (including phenoxy) is 4. The second-order valence-electron chi connectivity index (χ2n) is 15.7. The van der Waals surface area contributed by atoms with Gasteiger partial charge in [-0.2, -0.15) is 17.6 Å². The van der Waals surface area contributed by atoms with E-state index in [1.165, 1.54) is 78.2 Å². The molecule has 0 saturated carbocycles. The SMILES string of the molecule is CC(C)(F)F.CCC(C)(C)O.CCCO.CCO.CN1CCC1.CN1CCCCC1.CN1CCOCC1.CNC(C)=O.COC.COC(C)(F)F.COC(F)F.C[C@H]1CCCN1C. The molecule has 0 aromatic rings. The van der Waals surface area contributed by atoms with Crippen LogP contribution in [0.3, 0.4) is 0 Å². The Balaban J connectivity index is -0.0000000881. The summed E-state index contributed by atoms with van der Waals surface area (Å²) in [4.78, 5) is 19.1. The largest absolute Gasteiger partial charge is 0.397 e. The summed E-state index contributed by atoms with van der Waals surface area (Å²) in [5.74, 6) is -2.50. The fourth-order valence-corrected chi connectivity index (χ4v) is 3.26. The molecule has 1 amide bonds. The molecule has 0 unspecified atom stereocenters. The topological polar surface area (TPSA) is 140 Å². The van der Waals surface area contributed by atoms with Crippen LogP contribution in [0.15, 0.2) is 0 Å². The van der Waals surface area contributed by atoms with Crippen molar-refractivity contribution < 1.29 is 65.4 Å². The minimum Gasteiger partial charge on any atom is -0.397 e. The molecule has 0 aromatic carbocycles. The lowest BCUT2D eigenvalue weighted by atomic mass is 10.1. The van der Waals surface area contributed by atoms with Gasteiger partial charge in [0.05, 0.1) is 18.8 Å². The molecule has 0 aliphatic carbocycles. The van der Waals surface area contributed by atoms with Crippen molar-refractivity contribution in [3.63, 3.8) is 0 Å². The number of likely N-dealkylation sites (N-methyl/N-ethyl adjacent to an activating group) is 1. The van der Waals surface area contributed by atoms with Crippen LogP contribution in [0.5, 0.6) is 0 Å². The summed E-state index contributed by atoms with van der Waals surface area (Å²) in [6.45, 7) is 23.9. The maximum Gasteiger partial charge on any atom is 0.352 e. The monoisotopic (exact) mass is 942 g/mol. The van der Waals surface area contributed by atoms with Gasteiger partial charge in [0.15, 0.2) is 0 Å². The van der Waals surface area contributed by atoms with E-state index >= 15 is 0 Å². The second-order valence-corrected chi connectivity index (χ2v) is 15.7. The smallest absolute Gasteiger partial charge is 0.352 e. The predicted molar refractivity (Wildman–Crippen MR) is 249 cm³/mol. The number of halogens is 6. The van der Waals surface area contributed by atoms with E-state index in [1.807, 2.05) is 13.8 Å². The molecule has 63 heavy (non-hydrogen) atoms. The Morgan fingerprint density at radius 1 is 0.746 bits per heavy atom. The molecular formula is C44H101F6N5O8. The van der Waals surface area contributed by atoms with Gasteiger partial charge in [-0.3, -0.25) is 4.79 Å². The number of aliphatic hydroxyl groups excluding tert-OH is 2. The van der Waals surface area contributed by atoms with Crippen LogP contribution in [-0.4, -0.2) is 207 Å². The lowest BCUT2D eigenvalue weighted by molar-refractivity contribution is -0.205. The molecule has 4 N–H and O–H groups in total. The molecule has 1 atom stereocenters. The van der Waals surface area contributed by atoms with Crippen molar-refractivity contribution in [1.82, 2.24) is 24.9 Å². The van der Waals surface area contributed by atoms with Gasteiger partial charge in [-0.05, 0) is 147 Å². The fourth-order valence-electron chi connectivity index (χ4n) is 3.26. The molecule has 4 heterocycles. The number of hydrogen-bond acceptors (Lipinski definition) is 12. The lowest BCUT2D eigenvalue weighted by Crippen LogP contribution is -2.32. The number of morpholine rings is 1. The third-order valence-corrected chi connectivity index (χ3v) is 7.76. The summed E-state index contributed by atoms with van der Waals surface area (Å²) in [7, 11) is 15.4. The van der Waals surface area contributed by atoms with Gasteiger partial charge in [-0.15, -0.1) is 0 Å². The van der Waals surface area contributed by atoms with Crippen molar-refractivity contribution in [2.75, 3.05) is 136 Å². The van der Waals surface area contributed by atoms with Crippen molar-refractivity contribution in [2.24, 2.45) is 0 Å². The first-order valence-corrected chi connectivity index (χ1v) is 21.9. The second kappa shape index (κ2) is 56.7. The van der Waals surface area contributed by atoms with Crippen molar-refractivity contribution >= 4 is 5.91 Å². The summed E-state index contributed by atoms with van der Waals surface area (Å²) in [5, 5.41) is 26.7. The Kier molecular flexibility index (Phi) is 70.9. The summed E-state index contributed by atoms with van der Waals surface area (Å²) in [6, 6.07) is 0.847. The standard InChI is InChI=1S/2C6H13N.C5H11NO.C5H12O.C4H9N.C3H6F2O.C3H6F2.C3H7NO.C3H8O.C2H4F2O.2C2H6O/c1-6-4-3-5-7(6)2;1-7-5-3-2-4-6-7;1-6-2-4-7-5-3-6;1-4-5(2,3)6;1-5-3-2-4-5;1-3(4,5)6-2;1-3(2,4)5;1-3(5)4-2;1-2-3-4;1-5-2(3)4;1-3-2;1-2-3/h6H,3-5H2,1-2H3;2-6H2,1H3;2-5H2,1H3;6H,4H2,1-3H3;2-4H2,1H3;1-2H3;1-2H3;1-2H3,(H,4,5);4H,2-3H2,1H3;2H,1H3;1-2H3;3H,2H2,1H3/t6-;;;;;;;;;;;/m0.........../s1. The van der Waals surface area contributed by atoms with Gasteiger partial charge in [-0.1, -0.05) is 20.3 Å². The van der Waals surface area contributed by atoms with Crippen molar-refractivity contribution in [2.45, 2.75) is 151 Å². The number of nitrogens with zero attached hydrogens (tertiary/aromatic N) is 4. The first kappa shape index (κ1) is 78.7. The van der Waals surface area contributed by atoms with E-state index in [1.54, 1.807) is 42.0 Å². The van der Waals surface area contributed by atoms with Gasteiger partial charge in [0.2, 0.25) is 11.8 Å². The van der Waals surface area contributed by atoms with E-state index in [0.29, 0.717) is 13.5 Å². The Bertz CT molecular complexity index is 781. The van der Waals surface area contributed by atoms with E-state index in [0.717, 1.165) is 73.3 Å². The van der Waals surface area contributed by atoms with Gasteiger partial charge >= 0.3 is 12.7 Å². The number of likely N-dealkylation sites (tertiary alicyclic amines) is 3. The van der Waals surface area contributed by atoms with Gasteiger partial charge in [0.1, 0.15) is 0 Å². The summed E-state index contributed by atoms with van der Waals surface area (Å²) in [5.41, 5.74) is -0.458. The van der Waals surface area contributed by atoms with Gasteiger partial charge in [0, 0.05) is 81.7 Å². The van der Waals surface area contributed by atoms with Crippen LogP contribution in [0.2, 0.25) is 0 Å². The summed E-state index contributed by atoms with van der Waals surface area (Å²) >= 11 is 0. The number of carbonyl (C=O) groups is 1. The van der Waals surface area contributed by atoms with Crippen molar-refractivity contribution in [3.8, 4) is 0 Å². The molecule has 13 nitrogen and oxygen atoms in total. The zero-order valence-electron chi connectivity index (χ0n) is 43.5. The third kappa shape index (κ3) is 120. The van der Waals surface area contributed by atoms with Gasteiger partial charge in [-0.25, -0.2) is 8.78 Å². The number of nitrogens with one attached hydrogen (secondary N) is 1. The first-order chi connectivity index (χ1) is 28.9. The first-order valence-electron chi connectivity index (χ1n) is 21.9. The molecular weight excluding hydrogens is 840 g/mol. The number of methoxy groups -OCH3 is 3. The maximum atomic E-state index is 11.2. The number of piperidine rings is 1. The zero-order chi connectivity index (χ0) is 51.5. The summed E-state index contributed by atoms with van der Waals surface area (Å²) < 4.78 is 82.0. The van der Waals surface area contributed by atoms with Crippen LogP contribution in [0.4, 0.5) is 26.3 Å². The molecule has 0 aromatic heterocycles. The molecule has 4 saturated heterocycles. The molecule has 0 radical (unpaired) electrons. The highest BCUT2D eigenvalue weighted by Gasteiger charge is 2.17. The zero-order valence-corrected chi connectivity index (χ0v) is 43.5. The third-order valence-electron chi connectivity index (χ3n) is 7.76. The maximum absolute atomic E-state index is 11.2. The average molecular weight is 942 g/mol. The number of aliphatic hydroxyl groups is 3. The molecule has 4 aliphatic rings. The minimum atomic E-state index is -2.96. The Labute approximate surface area is 382 Å².